The van der Waals surface area contributed by atoms with Crippen LogP contribution >= 0.6 is 12.6 Å². The highest BCUT2D eigenvalue weighted by molar-refractivity contribution is 7.81. The molecule has 0 heterocycles. The summed E-state index contributed by atoms with van der Waals surface area (Å²) in [6.45, 7) is 4.83. The minimum atomic E-state index is -0.807. The maximum Gasteiger partial charge on any atom is 0.335 e. The van der Waals surface area contributed by atoms with Gasteiger partial charge in [-0.2, -0.15) is 12.6 Å². The SMILES string of the molecule is CC(=O)N[C@@H](C(=O)Oc1ccccc1)C(C)(C)S. The molecule has 0 aromatic heterocycles. The predicted octanol–water partition coefficient (Wildman–Crippen LogP) is 1.81. The monoisotopic (exact) mass is 267 g/mol. The lowest BCUT2D eigenvalue weighted by Gasteiger charge is -2.28. The van der Waals surface area contributed by atoms with Gasteiger partial charge in [-0.3, -0.25) is 4.79 Å². The zero-order chi connectivity index (χ0) is 13.8. The van der Waals surface area contributed by atoms with Crippen LogP contribution in [0.4, 0.5) is 0 Å². The van der Waals surface area contributed by atoms with E-state index >= 15 is 0 Å². The van der Waals surface area contributed by atoms with Crippen LogP contribution in [0.1, 0.15) is 20.8 Å². The standard InChI is InChI=1S/C13H17NO3S/c1-9(15)14-11(13(2,3)18)12(16)17-10-7-5-4-6-8-10/h4-8,11,18H,1-3H3,(H,14,15)/t11-/m0/s1. The van der Waals surface area contributed by atoms with Crippen LogP contribution in [0.25, 0.3) is 0 Å². The first-order valence-corrected chi connectivity index (χ1v) is 6.01. The molecule has 5 heteroatoms. The first-order valence-electron chi connectivity index (χ1n) is 5.57. The van der Waals surface area contributed by atoms with Crippen molar-refractivity contribution in [2.45, 2.75) is 31.6 Å². The van der Waals surface area contributed by atoms with Gasteiger partial charge in [-0.1, -0.05) is 18.2 Å². The van der Waals surface area contributed by atoms with Crippen molar-refractivity contribution in [1.29, 1.82) is 0 Å². The predicted molar refractivity (Wildman–Crippen MR) is 72.7 cm³/mol. The van der Waals surface area contributed by atoms with Crippen molar-refractivity contribution in [3.05, 3.63) is 30.3 Å². The van der Waals surface area contributed by atoms with Gasteiger partial charge in [-0.25, -0.2) is 4.79 Å². The topological polar surface area (TPSA) is 55.4 Å². The number of esters is 1. The van der Waals surface area contributed by atoms with E-state index < -0.39 is 16.8 Å². The third-order valence-electron chi connectivity index (χ3n) is 2.25. The van der Waals surface area contributed by atoms with Crippen molar-refractivity contribution >= 4 is 24.5 Å². The van der Waals surface area contributed by atoms with E-state index in [1.807, 2.05) is 6.07 Å². The molecule has 0 bridgehead atoms. The highest BCUT2D eigenvalue weighted by atomic mass is 32.1. The van der Waals surface area contributed by atoms with Gasteiger partial charge >= 0.3 is 5.97 Å². The molecule has 1 aromatic carbocycles. The third kappa shape index (κ3) is 4.41. The molecule has 0 aliphatic heterocycles. The molecule has 0 aliphatic carbocycles. The van der Waals surface area contributed by atoms with Crippen LogP contribution in [-0.2, 0) is 9.59 Å². The van der Waals surface area contributed by atoms with Gasteiger partial charge in [0.05, 0.1) is 0 Å². The number of benzene rings is 1. The van der Waals surface area contributed by atoms with Gasteiger partial charge in [0.25, 0.3) is 0 Å². The molecular formula is C13H17NO3S. The maximum atomic E-state index is 12.0. The summed E-state index contributed by atoms with van der Waals surface area (Å²) in [6.07, 6.45) is 0. The molecule has 0 radical (unpaired) electrons. The molecule has 98 valence electrons. The molecule has 0 fully saturated rings. The van der Waals surface area contributed by atoms with Gasteiger partial charge in [0.2, 0.25) is 5.91 Å². The lowest BCUT2D eigenvalue weighted by Crippen LogP contribution is -2.52. The number of thiol groups is 1. The molecular weight excluding hydrogens is 250 g/mol. The van der Waals surface area contributed by atoms with Crippen LogP contribution in [0.15, 0.2) is 30.3 Å². The lowest BCUT2D eigenvalue weighted by molar-refractivity contribution is -0.139. The quantitative estimate of drug-likeness (QED) is 0.497. The van der Waals surface area contributed by atoms with Crippen molar-refractivity contribution in [2.24, 2.45) is 0 Å². The van der Waals surface area contributed by atoms with Crippen LogP contribution in [0, 0.1) is 0 Å². The Hall–Kier alpha value is -1.49. The first-order chi connectivity index (χ1) is 8.30. The molecule has 1 amide bonds. The Balaban J connectivity index is 2.80. The molecule has 1 rings (SSSR count). The van der Waals surface area contributed by atoms with Crippen molar-refractivity contribution in [3.8, 4) is 5.75 Å². The molecule has 1 N–H and O–H groups in total. The average Bonchev–Trinajstić information content (AvgIpc) is 2.25. The van der Waals surface area contributed by atoms with Gasteiger partial charge in [-0.05, 0) is 26.0 Å². The molecule has 0 aliphatic rings. The number of hydrogen-bond acceptors (Lipinski definition) is 4. The number of carbonyl (C=O) groups is 2. The Morgan fingerprint density at radius 2 is 1.83 bits per heavy atom. The number of amides is 1. The molecule has 0 unspecified atom stereocenters. The fourth-order valence-electron chi connectivity index (χ4n) is 1.39. The second-order valence-electron chi connectivity index (χ2n) is 4.52. The number of hydrogen-bond donors (Lipinski definition) is 2. The molecule has 1 atom stereocenters. The van der Waals surface area contributed by atoms with E-state index in [0.717, 1.165) is 0 Å². The van der Waals surface area contributed by atoms with E-state index in [0.29, 0.717) is 5.75 Å². The molecule has 0 saturated carbocycles. The largest absolute Gasteiger partial charge is 0.425 e. The summed E-state index contributed by atoms with van der Waals surface area (Å²) in [5.74, 6) is -0.390. The Labute approximate surface area is 112 Å². The van der Waals surface area contributed by atoms with Crippen molar-refractivity contribution in [3.63, 3.8) is 0 Å². The molecule has 1 aromatic rings. The minimum absolute atomic E-state index is 0.299. The zero-order valence-electron chi connectivity index (χ0n) is 10.6. The van der Waals surface area contributed by atoms with Crippen LogP contribution in [0.3, 0.4) is 0 Å². The molecule has 4 nitrogen and oxygen atoms in total. The normalized spacial score (nSPS) is 12.7. The summed E-state index contributed by atoms with van der Waals surface area (Å²) in [4.78, 5) is 23.1. The summed E-state index contributed by atoms with van der Waals surface area (Å²) in [6, 6.07) is 7.90. The number of para-hydroxylation sites is 1. The van der Waals surface area contributed by atoms with Gasteiger partial charge in [-0.15, -0.1) is 0 Å². The maximum absolute atomic E-state index is 12.0. The number of ether oxygens (including phenoxy) is 1. The molecule has 18 heavy (non-hydrogen) atoms. The summed E-state index contributed by atoms with van der Waals surface area (Å²) in [7, 11) is 0. The van der Waals surface area contributed by atoms with Gasteiger partial charge in [0.1, 0.15) is 11.8 Å². The summed E-state index contributed by atoms with van der Waals surface area (Å²) < 4.78 is 4.49. The Bertz CT molecular complexity index is 426. The minimum Gasteiger partial charge on any atom is -0.425 e. The third-order valence-corrected chi connectivity index (χ3v) is 2.51. The Morgan fingerprint density at radius 1 is 1.28 bits per heavy atom. The van der Waals surface area contributed by atoms with Crippen LogP contribution < -0.4 is 10.1 Å². The van der Waals surface area contributed by atoms with E-state index in [1.165, 1.54) is 6.92 Å². The number of nitrogens with one attached hydrogen (secondary N) is 1. The van der Waals surface area contributed by atoms with Crippen LogP contribution in [0.5, 0.6) is 5.75 Å². The van der Waals surface area contributed by atoms with E-state index in [1.54, 1.807) is 38.1 Å². The number of rotatable bonds is 4. The van der Waals surface area contributed by atoms with Crippen molar-refractivity contribution in [2.75, 3.05) is 0 Å². The van der Waals surface area contributed by atoms with Gasteiger partial charge in [0.15, 0.2) is 0 Å². The van der Waals surface area contributed by atoms with Gasteiger partial charge < -0.3 is 10.1 Å². The van der Waals surface area contributed by atoms with Crippen LogP contribution in [-0.4, -0.2) is 22.7 Å². The fourth-order valence-corrected chi connectivity index (χ4v) is 1.56. The smallest absolute Gasteiger partial charge is 0.335 e. The Morgan fingerprint density at radius 3 is 2.28 bits per heavy atom. The van der Waals surface area contributed by atoms with E-state index in [9.17, 15) is 9.59 Å². The second kappa shape index (κ2) is 5.91. The van der Waals surface area contributed by atoms with Crippen molar-refractivity contribution in [1.82, 2.24) is 5.32 Å². The van der Waals surface area contributed by atoms with Crippen LogP contribution in [0.2, 0.25) is 0 Å². The van der Waals surface area contributed by atoms with E-state index in [4.69, 9.17) is 4.74 Å². The second-order valence-corrected chi connectivity index (χ2v) is 5.67. The zero-order valence-corrected chi connectivity index (χ0v) is 11.5. The fraction of sp³-hybridized carbons (Fsp3) is 0.385. The highest BCUT2D eigenvalue weighted by Crippen LogP contribution is 2.20. The van der Waals surface area contributed by atoms with E-state index in [2.05, 4.69) is 17.9 Å². The summed E-state index contributed by atoms with van der Waals surface area (Å²) in [5.41, 5.74) is 0. The van der Waals surface area contributed by atoms with Gasteiger partial charge in [0, 0.05) is 11.7 Å². The first kappa shape index (κ1) is 14.6. The summed E-state index contributed by atoms with van der Waals surface area (Å²) >= 11 is 4.31. The molecule has 0 saturated heterocycles. The summed E-state index contributed by atoms with van der Waals surface area (Å²) in [5, 5.41) is 2.55. The highest BCUT2D eigenvalue weighted by Gasteiger charge is 2.34. The Kier molecular flexibility index (Phi) is 4.78. The number of carbonyl (C=O) groups excluding carboxylic acids is 2. The lowest BCUT2D eigenvalue weighted by atomic mass is 10.0. The molecule has 0 spiro atoms. The average molecular weight is 267 g/mol. The van der Waals surface area contributed by atoms with Crippen molar-refractivity contribution < 1.29 is 14.3 Å². The van der Waals surface area contributed by atoms with E-state index in [-0.39, 0.29) is 5.91 Å².